The van der Waals surface area contributed by atoms with E-state index in [2.05, 4.69) is 87.4 Å². The molecule has 0 aliphatic rings. The van der Waals surface area contributed by atoms with E-state index in [4.69, 9.17) is 0 Å². The Morgan fingerprint density at radius 3 is 1.07 bits per heavy atom. The Kier molecular flexibility index (Phi) is 10.4. The Morgan fingerprint density at radius 2 is 0.750 bits per heavy atom. The van der Waals surface area contributed by atoms with Gasteiger partial charge in [0.15, 0.2) is 0 Å². The van der Waals surface area contributed by atoms with Gasteiger partial charge in [0.05, 0.1) is 0 Å². The van der Waals surface area contributed by atoms with E-state index in [1.807, 2.05) is 18.2 Å². The molecule has 218 valence electrons. The molecule has 4 unspecified atom stereocenters. The highest BCUT2D eigenvalue weighted by Gasteiger charge is 2.27. The highest BCUT2D eigenvalue weighted by Crippen LogP contribution is 2.44. The van der Waals surface area contributed by atoms with Crippen LogP contribution in [-0.2, 0) is 0 Å². The number of phenols is 3. The fraction of sp³-hybridized carbons (Fsp3) is 0.514. The topological polar surface area (TPSA) is 60.7 Å². The van der Waals surface area contributed by atoms with Crippen LogP contribution in [0.5, 0.6) is 17.2 Å². The van der Waals surface area contributed by atoms with Gasteiger partial charge in [0.2, 0.25) is 0 Å². The SMILES string of the molecule is CCC(C)c1cc(C(C)CC(c2cc(C(C)CC)c(O)cc2C)c2cc(C(C)CC)c(O)cc2C)c(C)cc1O. The molecule has 3 N–H and O–H groups in total. The molecule has 0 fully saturated rings. The van der Waals surface area contributed by atoms with Crippen molar-refractivity contribution in [2.45, 2.75) is 125 Å². The second-order valence-electron chi connectivity index (χ2n) is 12.4. The summed E-state index contributed by atoms with van der Waals surface area (Å²) >= 11 is 0. The van der Waals surface area contributed by atoms with Crippen molar-refractivity contribution in [1.29, 1.82) is 0 Å². The lowest BCUT2D eigenvalue weighted by atomic mass is 9.76. The van der Waals surface area contributed by atoms with Crippen LogP contribution in [0.25, 0.3) is 0 Å². The molecule has 3 aromatic rings. The van der Waals surface area contributed by atoms with E-state index < -0.39 is 0 Å². The predicted octanol–water partition coefficient (Wildman–Crippen LogP) is 10.6. The van der Waals surface area contributed by atoms with Gasteiger partial charge in [-0.15, -0.1) is 0 Å². The number of phenolic OH excluding ortho intramolecular Hbond substituents is 3. The van der Waals surface area contributed by atoms with Crippen molar-refractivity contribution >= 4 is 0 Å². The molecule has 0 heterocycles. The Bertz CT molecular complexity index is 1260. The first kappa shape index (κ1) is 31.6. The largest absolute Gasteiger partial charge is 0.508 e. The molecule has 0 aliphatic heterocycles. The number of benzene rings is 3. The van der Waals surface area contributed by atoms with Crippen molar-refractivity contribution in [3.8, 4) is 17.2 Å². The van der Waals surface area contributed by atoms with E-state index in [1.165, 1.54) is 16.7 Å². The van der Waals surface area contributed by atoms with Crippen LogP contribution in [-0.4, -0.2) is 15.3 Å². The normalized spacial score (nSPS) is 15.4. The van der Waals surface area contributed by atoms with Crippen LogP contribution in [0.1, 0.15) is 154 Å². The molecule has 0 aromatic heterocycles. The smallest absolute Gasteiger partial charge is 0.119 e. The first-order valence-corrected chi connectivity index (χ1v) is 15.3. The summed E-state index contributed by atoms with van der Waals surface area (Å²) in [5, 5.41) is 32.5. The third-order valence-electron chi connectivity index (χ3n) is 9.55. The number of aromatic hydroxyl groups is 3. The lowest BCUT2D eigenvalue weighted by Crippen LogP contribution is -2.12. The maximum Gasteiger partial charge on any atom is 0.119 e. The van der Waals surface area contributed by atoms with Gasteiger partial charge in [0.25, 0.3) is 0 Å². The summed E-state index contributed by atoms with van der Waals surface area (Å²) in [6, 6.07) is 12.5. The van der Waals surface area contributed by atoms with Crippen molar-refractivity contribution in [1.82, 2.24) is 0 Å². The van der Waals surface area contributed by atoms with Gasteiger partial charge in [-0.05, 0) is 138 Å². The number of aryl methyl sites for hydroxylation is 3. The minimum absolute atomic E-state index is 0.0852. The van der Waals surface area contributed by atoms with E-state index in [0.29, 0.717) is 17.2 Å². The minimum atomic E-state index is 0.0852. The summed E-state index contributed by atoms with van der Waals surface area (Å²) in [7, 11) is 0. The molecule has 3 nitrogen and oxygen atoms in total. The third-order valence-corrected chi connectivity index (χ3v) is 9.55. The van der Waals surface area contributed by atoms with Crippen LogP contribution in [0.2, 0.25) is 0 Å². The Balaban J connectivity index is 2.24. The van der Waals surface area contributed by atoms with Crippen molar-refractivity contribution in [3.63, 3.8) is 0 Å². The van der Waals surface area contributed by atoms with Gasteiger partial charge in [-0.2, -0.15) is 0 Å². The van der Waals surface area contributed by atoms with E-state index in [-0.39, 0.29) is 29.6 Å². The third kappa shape index (κ3) is 6.51. The van der Waals surface area contributed by atoms with Gasteiger partial charge in [0.1, 0.15) is 17.2 Å². The van der Waals surface area contributed by atoms with Gasteiger partial charge < -0.3 is 15.3 Å². The first-order chi connectivity index (χ1) is 18.8. The molecular formula is C37H52O3. The molecule has 0 saturated heterocycles. The molecule has 0 bridgehead atoms. The van der Waals surface area contributed by atoms with Crippen LogP contribution in [0.4, 0.5) is 0 Å². The van der Waals surface area contributed by atoms with Crippen LogP contribution < -0.4 is 0 Å². The zero-order chi connectivity index (χ0) is 29.9. The van der Waals surface area contributed by atoms with Crippen molar-refractivity contribution in [2.75, 3.05) is 0 Å². The lowest BCUT2D eigenvalue weighted by molar-refractivity contribution is 0.460. The van der Waals surface area contributed by atoms with Crippen LogP contribution in [0.15, 0.2) is 36.4 Å². The van der Waals surface area contributed by atoms with E-state index in [1.54, 1.807) is 0 Å². The molecule has 3 heteroatoms. The summed E-state index contributed by atoms with van der Waals surface area (Å²) in [5.74, 6) is 2.25. The van der Waals surface area contributed by atoms with E-state index in [9.17, 15) is 15.3 Å². The molecule has 40 heavy (non-hydrogen) atoms. The summed E-state index contributed by atoms with van der Waals surface area (Å²) in [6.45, 7) is 21.6. The van der Waals surface area contributed by atoms with Gasteiger partial charge in [-0.1, -0.05) is 66.7 Å². The second kappa shape index (κ2) is 13.1. The second-order valence-corrected chi connectivity index (χ2v) is 12.4. The molecule has 3 aromatic carbocycles. The molecule has 0 spiro atoms. The monoisotopic (exact) mass is 544 g/mol. The Hall–Kier alpha value is -2.94. The van der Waals surface area contributed by atoms with Crippen LogP contribution in [0, 0.1) is 20.8 Å². The maximum absolute atomic E-state index is 10.9. The van der Waals surface area contributed by atoms with Crippen LogP contribution >= 0.6 is 0 Å². The van der Waals surface area contributed by atoms with Crippen LogP contribution in [0.3, 0.4) is 0 Å². The van der Waals surface area contributed by atoms with Crippen molar-refractivity contribution in [3.05, 3.63) is 86.5 Å². The number of hydrogen-bond donors (Lipinski definition) is 3. The lowest BCUT2D eigenvalue weighted by Gasteiger charge is -2.29. The van der Waals surface area contributed by atoms with Gasteiger partial charge >= 0.3 is 0 Å². The van der Waals surface area contributed by atoms with Gasteiger partial charge in [-0.3, -0.25) is 0 Å². The number of hydrogen-bond acceptors (Lipinski definition) is 3. The highest BCUT2D eigenvalue weighted by atomic mass is 16.3. The number of rotatable bonds is 11. The molecule has 0 saturated carbocycles. The summed E-state index contributed by atoms with van der Waals surface area (Å²) < 4.78 is 0. The summed E-state index contributed by atoms with van der Waals surface area (Å²) in [5.41, 5.74) is 10.1. The summed E-state index contributed by atoms with van der Waals surface area (Å²) in [4.78, 5) is 0. The van der Waals surface area contributed by atoms with E-state index >= 15 is 0 Å². The average molecular weight is 545 g/mol. The molecule has 3 rings (SSSR count). The fourth-order valence-electron chi connectivity index (χ4n) is 6.21. The fourth-order valence-corrected chi connectivity index (χ4v) is 6.21. The van der Waals surface area contributed by atoms with Crippen molar-refractivity contribution < 1.29 is 15.3 Å². The molecule has 0 aliphatic carbocycles. The molecular weight excluding hydrogens is 492 g/mol. The zero-order valence-electron chi connectivity index (χ0n) is 26.5. The van der Waals surface area contributed by atoms with E-state index in [0.717, 1.165) is 59.1 Å². The predicted molar refractivity (Wildman–Crippen MR) is 170 cm³/mol. The quantitative estimate of drug-likeness (QED) is 0.225. The minimum Gasteiger partial charge on any atom is -0.508 e. The Morgan fingerprint density at radius 1 is 0.450 bits per heavy atom. The standard InChI is InChI=1S/C37H52O3/c1-11-21(4)31-18-28(25(8)15-35(31)38)24(7)14-34(29-19-32(22(5)12-2)36(39)16-26(29)9)30-20-33(23(6)13-3)37(40)17-27(30)10/h15-24,34,38-40H,11-14H2,1-10H3. The first-order valence-electron chi connectivity index (χ1n) is 15.3. The Labute approximate surface area is 243 Å². The molecule has 0 radical (unpaired) electrons. The van der Waals surface area contributed by atoms with Gasteiger partial charge in [0, 0.05) is 5.92 Å². The highest BCUT2D eigenvalue weighted by molar-refractivity contribution is 5.52. The van der Waals surface area contributed by atoms with Gasteiger partial charge in [-0.25, -0.2) is 0 Å². The summed E-state index contributed by atoms with van der Waals surface area (Å²) in [6.07, 6.45) is 3.77. The zero-order valence-corrected chi connectivity index (χ0v) is 26.5. The average Bonchev–Trinajstić information content (AvgIpc) is 2.91. The maximum atomic E-state index is 10.9. The van der Waals surface area contributed by atoms with Crippen molar-refractivity contribution in [2.24, 2.45) is 0 Å². The molecule has 0 amide bonds. The molecule has 4 atom stereocenters.